The molecule has 130 valence electrons. The zero-order valence-corrected chi connectivity index (χ0v) is 14.8. The molecule has 0 heterocycles. The van der Waals surface area contributed by atoms with Crippen LogP contribution < -0.4 is 5.32 Å². The van der Waals surface area contributed by atoms with Crippen molar-refractivity contribution in [1.82, 2.24) is 0 Å². The van der Waals surface area contributed by atoms with E-state index in [1.165, 1.54) is 6.08 Å². The van der Waals surface area contributed by atoms with Crippen molar-refractivity contribution in [3.05, 3.63) is 71.3 Å². The molecule has 0 bridgehead atoms. The summed E-state index contributed by atoms with van der Waals surface area (Å²) in [6.07, 6.45) is 3.02. The van der Waals surface area contributed by atoms with Gasteiger partial charge in [-0.05, 0) is 41.7 Å². The average Bonchev–Trinajstić information content (AvgIpc) is 2.59. The maximum atomic E-state index is 12.0. The molecule has 1 amide bonds. The second kappa shape index (κ2) is 8.83. The van der Waals surface area contributed by atoms with Crippen molar-refractivity contribution in [2.75, 3.05) is 11.9 Å². The lowest BCUT2D eigenvalue weighted by Crippen LogP contribution is -2.21. The van der Waals surface area contributed by atoms with E-state index in [4.69, 9.17) is 4.74 Å². The van der Waals surface area contributed by atoms with E-state index in [1.807, 2.05) is 55.5 Å². The Bertz CT molecular complexity index is 778. The van der Waals surface area contributed by atoms with Gasteiger partial charge in [-0.25, -0.2) is 4.79 Å². The Labute approximate surface area is 148 Å². The van der Waals surface area contributed by atoms with Gasteiger partial charge in [0.2, 0.25) is 0 Å². The Hall–Kier alpha value is -2.88. The Morgan fingerprint density at radius 3 is 2.48 bits per heavy atom. The minimum atomic E-state index is -0.546. The Morgan fingerprint density at radius 2 is 1.76 bits per heavy atom. The monoisotopic (exact) mass is 337 g/mol. The van der Waals surface area contributed by atoms with Crippen molar-refractivity contribution in [2.45, 2.75) is 26.7 Å². The smallest absolute Gasteiger partial charge is 0.331 e. The van der Waals surface area contributed by atoms with E-state index in [2.05, 4.69) is 19.2 Å². The highest BCUT2D eigenvalue weighted by atomic mass is 16.5. The van der Waals surface area contributed by atoms with Crippen LogP contribution in [0.4, 0.5) is 5.69 Å². The molecule has 2 aromatic carbocycles. The molecule has 0 aliphatic carbocycles. The van der Waals surface area contributed by atoms with E-state index in [0.717, 1.165) is 22.4 Å². The highest BCUT2D eigenvalue weighted by Gasteiger charge is 2.10. The summed E-state index contributed by atoms with van der Waals surface area (Å²) in [5.41, 5.74) is 3.79. The summed E-state index contributed by atoms with van der Waals surface area (Å²) in [5, 5.41) is 2.79. The van der Waals surface area contributed by atoms with Crippen LogP contribution >= 0.6 is 0 Å². The van der Waals surface area contributed by atoms with Gasteiger partial charge in [0.15, 0.2) is 6.61 Å². The summed E-state index contributed by atoms with van der Waals surface area (Å²) < 4.78 is 5.00. The van der Waals surface area contributed by atoms with Gasteiger partial charge in [-0.3, -0.25) is 4.79 Å². The van der Waals surface area contributed by atoms with Crippen molar-refractivity contribution >= 4 is 23.6 Å². The van der Waals surface area contributed by atoms with Crippen molar-refractivity contribution in [3.63, 3.8) is 0 Å². The fourth-order valence-corrected chi connectivity index (χ4v) is 2.42. The maximum absolute atomic E-state index is 12.0. The third-order valence-electron chi connectivity index (χ3n) is 3.79. The SMILES string of the molecule is Cc1ccccc1/C=C/C(=O)OCC(=O)Nc1ccccc1C(C)C. The van der Waals surface area contributed by atoms with Crippen LogP contribution in [0.2, 0.25) is 0 Å². The predicted molar refractivity (Wildman–Crippen MR) is 100 cm³/mol. The molecule has 2 rings (SSSR count). The number of carbonyl (C=O) groups is 2. The van der Waals surface area contributed by atoms with Crippen LogP contribution in [0, 0.1) is 6.92 Å². The second-order valence-corrected chi connectivity index (χ2v) is 6.09. The van der Waals surface area contributed by atoms with Crippen LogP contribution in [-0.4, -0.2) is 18.5 Å². The van der Waals surface area contributed by atoms with Gasteiger partial charge in [0.05, 0.1) is 0 Å². The largest absolute Gasteiger partial charge is 0.452 e. The first kappa shape index (κ1) is 18.5. The van der Waals surface area contributed by atoms with Crippen molar-refractivity contribution in [1.29, 1.82) is 0 Å². The van der Waals surface area contributed by atoms with Gasteiger partial charge in [-0.1, -0.05) is 56.3 Å². The molecule has 0 spiro atoms. The van der Waals surface area contributed by atoms with Gasteiger partial charge < -0.3 is 10.1 Å². The molecule has 4 heteroatoms. The Kier molecular flexibility index (Phi) is 6.52. The second-order valence-electron chi connectivity index (χ2n) is 6.09. The molecular formula is C21H23NO3. The van der Waals surface area contributed by atoms with E-state index in [0.29, 0.717) is 0 Å². The van der Waals surface area contributed by atoms with Crippen LogP contribution in [0.15, 0.2) is 54.6 Å². The first-order chi connectivity index (χ1) is 12.0. The van der Waals surface area contributed by atoms with Gasteiger partial charge >= 0.3 is 5.97 Å². The standard InChI is InChI=1S/C21H23NO3/c1-15(2)18-10-6-7-11-19(18)22-20(23)14-25-21(24)13-12-17-9-5-4-8-16(17)3/h4-13,15H,14H2,1-3H3,(H,22,23)/b13-12+. The van der Waals surface area contributed by atoms with E-state index >= 15 is 0 Å². The number of hydrogen-bond donors (Lipinski definition) is 1. The average molecular weight is 337 g/mol. The zero-order valence-electron chi connectivity index (χ0n) is 14.8. The van der Waals surface area contributed by atoms with Crippen LogP contribution in [0.3, 0.4) is 0 Å². The number of aryl methyl sites for hydroxylation is 1. The molecule has 0 saturated carbocycles. The molecule has 0 fully saturated rings. The summed E-state index contributed by atoms with van der Waals surface area (Å²) in [6.45, 7) is 5.76. The topological polar surface area (TPSA) is 55.4 Å². The number of hydrogen-bond acceptors (Lipinski definition) is 3. The van der Waals surface area contributed by atoms with Crippen molar-refractivity contribution in [3.8, 4) is 0 Å². The predicted octanol–water partition coefficient (Wildman–Crippen LogP) is 4.31. The van der Waals surface area contributed by atoms with E-state index in [1.54, 1.807) is 6.08 Å². The molecule has 0 aliphatic rings. The fourth-order valence-electron chi connectivity index (χ4n) is 2.42. The quantitative estimate of drug-likeness (QED) is 0.631. The van der Waals surface area contributed by atoms with Gasteiger partial charge in [0, 0.05) is 11.8 Å². The molecule has 1 N–H and O–H groups in total. The Balaban J connectivity index is 1.88. The number of rotatable bonds is 6. The van der Waals surface area contributed by atoms with Gasteiger partial charge in [0.25, 0.3) is 5.91 Å². The van der Waals surface area contributed by atoms with Gasteiger partial charge in [-0.15, -0.1) is 0 Å². The number of para-hydroxylation sites is 1. The summed E-state index contributed by atoms with van der Waals surface area (Å²) >= 11 is 0. The highest BCUT2D eigenvalue weighted by Crippen LogP contribution is 2.23. The van der Waals surface area contributed by atoms with Crippen LogP contribution in [0.25, 0.3) is 6.08 Å². The third-order valence-corrected chi connectivity index (χ3v) is 3.79. The number of anilines is 1. The summed E-state index contributed by atoms with van der Waals surface area (Å²) in [7, 11) is 0. The first-order valence-electron chi connectivity index (χ1n) is 8.26. The number of ether oxygens (including phenoxy) is 1. The minimum Gasteiger partial charge on any atom is -0.452 e. The highest BCUT2D eigenvalue weighted by molar-refractivity contribution is 5.95. The van der Waals surface area contributed by atoms with Crippen molar-refractivity contribution < 1.29 is 14.3 Å². The molecule has 0 aromatic heterocycles. The van der Waals surface area contributed by atoms with Crippen LogP contribution in [-0.2, 0) is 14.3 Å². The molecule has 0 unspecified atom stereocenters. The molecule has 25 heavy (non-hydrogen) atoms. The molecule has 0 radical (unpaired) electrons. The molecule has 4 nitrogen and oxygen atoms in total. The lowest BCUT2D eigenvalue weighted by atomic mass is 10.0. The third kappa shape index (κ3) is 5.60. The number of carbonyl (C=O) groups excluding carboxylic acids is 2. The maximum Gasteiger partial charge on any atom is 0.331 e. The van der Waals surface area contributed by atoms with Crippen LogP contribution in [0.5, 0.6) is 0 Å². The summed E-state index contributed by atoms with van der Waals surface area (Å²) in [4.78, 5) is 23.8. The van der Waals surface area contributed by atoms with Crippen LogP contribution in [0.1, 0.15) is 36.5 Å². The molecule has 0 saturated heterocycles. The number of amides is 1. The van der Waals surface area contributed by atoms with Gasteiger partial charge in [0.1, 0.15) is 0 Å². The van der Waals surface area contributed by atoms with Crippen molar-refractivity contribution in [2.24, 2.45) is 0 Å². The number of benzene rings is 2. The number of nitrogens with one attached hydrogen (secondary N) is 1. The first-order valence-corrected chi connectivity index (χ1v) is 8.26. The molecule has 0 aliphatic heterocycles. The Morgan fingerprint density at radius 1 is 1.08 bits per heavy atom. The lowest BCUT2D eigenvalue weighted by molar-refractivity contribution is -0.142. The lowest BCUT2D eigenvalue weighted by Gasteiger charge is -2.13. The van der Waals surface area contributed by atoms with E-state index in [-0.39, 0.29) is 18.4 Å². The zero-order chi connectivity index (χ0) is 18.2. The van der Waals surface area contributed by atoms with E-state index in [9.17, 15) is 9.59 Å². The molecular weight excluding hydrogens is 314 g/mol. The minimum absolute atomic E-state index is 0.288. The summed E-state index contributed by atoms with van der Waals surface area (Å²) in [5.74, 6) is -0.614. The van der Waals surface area contributed by atoms with Gasteiger partial charge in [-0.2, -0.15) is 0 Å². The van der Waals surface area contributed by atoms with E-state index < -0.39 is 5.97 Å². The number of esters is 1. The summed E-state index contributed by atoms with van der Waals surface area (Å²) in [6, 6.07) is 15.3. The normalized spacial score (nSPS) is 10.9. The molecule has 2 aromatic rings. The molecule has 0 atom stereocenters. The fraction of sp³-hybridized carbons (Fsp3) is 0.238.